The van der Waals surface area contributed by atoms with Crippen molar-refractivity contribution >= 4 is 11.3 Å². The predicted octanol–water partition coefficient (Wildman–Crippen LogP) is 3.08. The zero-order valence-electron chi connectivity index (χ0n) is 12.3. The van der Waals surface area contributed by atoms with E-state index in [0.29, 0.717) is 0 Å². The van der Waals surface area contributed by atoms with Gasteiger partial charge in [0.15, 0.2) is 0 Å². The molecule has 2 saturated carbocycles. The molecule has 0 atom stereocenters. The highest BCUT2D eigenvalue weighted by atomic mass is 32.1. The molecule has 2 heterocycles. The van der Waals surface area contributed by atoms with E-state index in [0.717, 1.165) is 18.5 Å². The lowest BCUT2D eigenvalue weighted by Crippen LogP contribution is -2.49. The Bertz CT molecular complexity index is 440. The topological polar surface area (TPSA) is 19.4 Å². The van der Waals surface area contributed by atoms with E-state index in [1.54, 1.807) is 0 Å². The highest BCUT2D eigenvalue weighted by Crippen LogP contribution is 2.41. The number of aromatic nitrogens is 1. The average molecular weight is 291 g/mol. The van der Waals surface area contributed by atoms with Crippen molar-refractivity contribution in [1.29, 1.82) is 0 Å². The first-order chi connectivity index (χ1) is 9.88. The van der Waals surface area contributed by atoms with Crippen LogP contribution in [-0.4, -0.2) is 47.0 Å². The number of nitrogens with zero attached hydrogens (tertiary/aromatic N) is 3. The van der Waals surface area contributed by atoms with Gasteiger partial charge < -0.3 is 0 Å². The van der Waals surface area contributed by atoms with Gasteiger partial charge in [-0.05, 0) is 25.7 Å². The Morgan fingerprint density at radius 2 is 1.80 bits per heavy atom. The molecule has 3 nitrogen and oxygen atoms in total. The Hall–Kier alpha value is -0.450. The van der Waals surface area contributed by atoms with Crippen LogP contribution in [0.1, 0.15) is 55.1 Å². The van der Waals surface area contributed by atoms with Crippen LogP contribution in [0, 0.1) is 0 Å². The van der Waals surface area contributed by atoms with E-state index in [2.05, 4.69) is 15.2 Å². The first-order valence-corrected chi connectivity index (χ1v) is 9.17. The summed E-state index contributed by atoms with van der Waals surface area (Å²) in [6.07, 6.45) is 8.52. The summed E-state index contributed by atoms with van der Waals surface area (Å²) in [5.41, 5.74) is 1.31. The lowest BCUT2D eigenvalue weighted by Gasteiger charge is -2.37. The van der Waals surface area contributed by atoms with Crippen molar-refractivity contribution in [2.45, 2.75) is 57.0 Å². The Kier molecular flexibility index (Phi) is 3.80. The van der Waals surface area contributed by atoms with Crippen molar-refractivity contribution in [2.75, 3.05) is 26.2 Å². The summed E-state index contributed by atoms with van der Waals surface area (Å²) in [5.74, 6) is 0.813. The van der Waals surface area contributed by atoms with Gasteiger partial charge in [-0.2, -0.15) is 0 Å². The highest BCUT2D eigenvalue weighted by Gasteiger charge is 2.28. The largest absolute Gasteiger partial charge is 0.298 e. The fraction of sp³-hybridized carbons (Fsp3) is 0.812. The van der Waals surface area contributed by atoms with Gasteiger partial charge >= 0.3 is 0 Å². The number of rotatable bonds is 4. The molecule has 1 aliphatic heterocycles. The summed E-state index contributed by atoms with van der Waals surface area (Å²) in [6.45, 7) is 6.07. The van der Waals surface area contributed by atoms with Crippen molar-refractivity contribution in [3.8, 4) is 0 Å². The summed E-state index contributed by atoms with van der Waals surface area (Å²) < 4.78 is 0. The molecule has 3 fully saturated rings. The second-order valence-corrected chi connectivity index (χ2v) is 7.59. The lowest BCUT2D eigenvalue weighted by atomic mass is 10.2. The first-order valence-electron chi connectivity index (χ1n) is 8.29. The van der Waals surface area contributed by atoms with Crippen molar-refractivity contribution in [1.82, 2.24) is 14.8 Å². The Balaban J connectivity index is 1.27. The van der Waals surface area contributed by atoms with Crippen LogP contribution in [0.3, 0.4) is 0 Å². The molecule has 1 saturated heterocycles. The van der Waals surface area contributed by atoms with Crippen LogP contribution in [0.4, 0.5) is 0 Å². The molecule has 1 aromatic rings. The molecule has 4 rings (SSSR count). The fourth-order valence-corrected chi connectivity index (χ4v) is 4.68. The molecule has 0 aromatic carbocycles. The van der Waals surface area contributed by atoms with Crippen LogP contribution in [0.25, 0.3) is 0 Å². The van der Waals surface area contributed by atoms with Crippen LogP contribution in [0.2, 0.25) is 0 Å². The fourth-order valence-electron chi connectivity index (χ4n) is 3.70. The van der Waals surface area contributed by atoms with Gasteiger partial charge in [0.1, 0.15) is 0 Å². The smallest absolute Gasteiger partial charge is 0.0959 e. The molecule has 110 valence electrons. The first kappa shape index (κ1) is 13.2. The van der Waals surface area contributed by atoms with E-state index >= 15 is 0 Å². The van der Waals surface area contributed by atoms with Gasteiger partial charge in [0, 0.05) is 50.1 Å². The van der Waals surface area contributed by atoms with Gasteiger partial charge in [0.2, 0.25) is 0 Å². The molecule has 0 spiro atoms. The summed E-state index contributed by atoms with van der Waals surface area (Å²) in [4.78, 5) is 10.2. The second kappa shape index (κ2) is 5.74. The Labute approximate surface area is 126 Å². The SMILES string of the molecule is c1sc(C2CC2)nc1CN1CCN(C2CCCC2)CC1. The van der Waals surface area contributed by atoms with E-state index < -0.39 is 0 Å². The maximum absolute atomic E-state index is 4.83. The number of hydrogen-bond donors (Lipinski definition) is 0. The standard InChI is InChI=1S/C16H25N3S/c1-2-4-15(3-1)19-9-7-18(8-10-19)11-14-12-20-16(17-14)13-5-6-13/h12-13,15H,1-11H2. The summed E-state index contributed by atoms with van der Waals surface area (Å²) >= 11 is 1.88. The molecule has 0 bridgehead atoms. The van der Waals surface area contributed by atoms with Crippen LogP contribution in [-0.2, 0) is 6.54 Å². The Morgan fingerprint density at radius 3 is 2.50 bits per heavy atom. The van der Waals surface area contributed by atoms with Crippen molar-refractivity contribution in [3.63, 3.8) is 0 Å². The normalized spacial score (nSPS) is 26.4. The van der Waals surface area contributed by atoms with E-state index in [-0.39, 0.29) is 0 Å². The molecule has 0 amide bonds. The molecular formula is C16H25N3S. The molecule has 20 heavy (non-hydrogen) atoms. The van der Waals surface area contributed by atoms with Gasteiger partial charge in [0.05, 0.1) is 10.7 Å². The number of hydrogen-bond acceptors (Lipinski definition) is 4. The van der Waals surface area contributed by atoms with Gasteiger partial charge in [-0.3, -0.25) is 9.80 Å². The lowest BCUT2D eigenvalue weighted by molar-refractivity contribution is 0.0930. The highest BCUT2D eigenvalue weighted by molar-refractivity contribution is 7.09. The molecule has 4 heteroatoms. The maximum Gasteiger partial charge on any atom is 0.0959 e. The van der Waals surface area contributed by atoms with Crippen LogP contribution in [0.15, 0.2) is 5.38 Å². The summed E-state index contributed by atoms with van der Waals surface area (Å²) in [6, 6.07) is 0.901. The van der Waals surface area contributed by atoms with Gasteiger partial charge in [-0.15, -0.1) is 11.3 Å². The van der Waals surface area contributed by atoms with Crippen molar-refractivity contribution in [2.24, 2.45) is 0 Å². The molecule has 0 N–H and O–H groups in total. The molecule has 3 aliphatic rings. The van der Waals surface area contributed by atoms with Gasteiger partial charge in [-0.25, -0.2) is 4.98 Å². The quantitative estimate of drug-likeness (QED) is 0.850. The predicted molar refractivity (Wildman–Crippen MR) is 83.2 cm³/mol. The van der Waals surface area contributed by atoms with Gasteiger partial charge in [0.25, 0.3) is 0 Å². The van der Waals surface area contributed by atoms with Gasteiger partial charge in [-0.1, -0.05) is 12.8 Å². The molecule has 0 radical (unpaired) electrons. The summed E-state index contributed by atoms with van der Waals surface area (Å²) in [5, 5.41) is 3.68. The van der Waals surface area contributed by atoms with E-state index in [4.69, 9.17) is 4.98 Å². The summed E-state index contributed by atoms with van der Waals surface area (Å²) in [7, 11) is 0. The maximum atomic E-state index is 4.83. The third-order valence-corrected chi connectivity index (χ3v) is 6.19. The minimum absolute atomic E-state index is 0.813. The minimum atomic E-state index is 0.813. The average Bonchev–Trinajstić information content (AvgIpc) is 3.00. The van der Waals surface area contributed by atoms with Crippen LogP contribution >= 0.6 is 11.3 Å². The number of piperazine rings is 1. The molecule has 2 aliphatic carbocycles. The molecule has 1 aromatic heterocycles. The third-order valence-electron chi connectivity index (χ3n) is 5.13. The van der Waals surface area contributed by atoms with E-state index in [1.165, 1.54) is 75.4 Å². The Morgan fingerprint density at radius 1 is 1.05 bits per heavy atom. The molecule has 0 unspecified atom stereocenters. The van der Waals surface area contributed by atoms with Crippen LogP contribution in [0.5, 0.6) is 0 Å². The minimum Gasteiger partial charge on any atom is -0.298 e. The molecular weight excluding hydrogens is 266 g/mol. The van der Waals surface area contributed by atoms with Crippen LogP contribution < -0.4 is 0 Å². The third kappa shape index (κ3) is 2.92. The number of thiazole rings is 1. The zero-order valence-corrected chi connectivity index (χ0v) is 13.1. The monoisotopic (exact) mass is 291 g/mol. The van der Waals surface area contributed by atoms with E-state index in [9.17, 15) is 0 Å². The zero-order chi connectivity index (χ0) is 13.4. The van der Waals surface area contributed by atoms with E-state index in [1.807, 2.05) is 11.3 Å². The second-order valence-electron chi connectivity index (χ2n) is 6.70. The van der Waals surface area contributed by atoms with Crippen molar-refractivity contribution in [3.05, 3.63) is 16.1 Å². The van der Waals surface area contributed by atoms with Crippen molar-refractivity contribution < 1.29 is 0 Å².